The van der Waals surface area contributed by atoms with Crippen molar-refractivity contribution in [3.8, 4) is 11.5 Å². The Balaban J connectivity index is 1.72. The molecule has 1 aromatic heterocycles. The minimum Gasteiger partial charge on any atom is -0.504 e. The van der Waals surface area contributed by atoms with Crippen LogP contribution in [0.5, 0.6) is 11.5 Å². The Hall–Kier alpha value is -3.59. The highest BCUT2D eigenvalue weighted by atomic mass is 16.5. The number of aromatic nitrogens is 1. The molecule has 0 radical (unpaired) electrons. The van der Waals surface area contributed by atoms with Gasteiger partial charge >= 0.3 is 5.76 Å². The highest BCUT2D eigenvalue weighted by Gasteiger charge is 2.12. The van der Waals surface area contributed by atoms with Crippen LogP contribution in [0, 0.1) is 6.92 Å². The average Bonchev–Trinajstić information content (AvgIpc) is 2.96. The van der Waals surface area contributed by atoms with Crippen molar-refractivity contribution < 1.29 is 24.2 Å². The average molecular weight is 385 g/mol. The minimum absolute atomic E-state index is 0.116. The highest BCUT2D eigenvalue weighted by molar-refractivity contribution is 5.78. The Morgan fingerprint density at radius 1 is 1.32 bits per heavy atom. The van der Waals surface area contributed by atoms with Gasteiger partial charge in [-0.1, -0.05) is 12.1 Å². The number of fused-ring (bicyclic) bond motifs is 1. The lowest BCUT2D eigenvalue weighted by Gasteiger charge is -2.09. The number of nitrogens with one attached hydrogen (secondary N) is 1. The summed E-state index contributed by atoms with van der Waals surface area (Å²) in [6.45, 7) is 1.47. The number of phenolic OH excluding ortho intramolecular Hbond substituents is 1. The van der Waals surface area contributed by atoms with Crippen molar-refractivity contribution in [2.75, 3.05) is 13.2 Å². The predicted octanol–water partition coefficient (Wildman–Crippen LogP) is 1.13. The van der Waals surface area contributed by atoms with E-state index in [0.717, 1.165) is 11.8 Å². The van der Waals surface area contributed by atoms with Crippen LogP contribution < -0.4 is 15.9 Å². The zero-order valence-corrected chi connectivity index (χ0v) is 15.1. The second kappa shape index (κ2) is 8.40. The zero-order valence-electron chi connectivity index (χ0n) is 15.1. The molecule has 0 aliphatic carbocycles. The van der Waals surface area contributed by atoms with Gasteiger partial charge in [-0.2, -0.15) is 5.10 Å². The largest absolute Gasteiger partial charge is 0.504 e. The molecule has 0 bridgehead atoms. The quantitative estimate of drug-likeness (QED) is 0.413. The van der Waals surface area contributed by atoms with E-state index in [1.54, 1.807) is 12.1 Å². The number of carbonyl (C=O) groups excluding carboxylic acids is 1. The Morgan fingerprint density at radius 2 is 2.14 bits per heavy atom. The van der Waals surface area contributed by atoms with E-state index in [2.05, 4.69) is 10.5 Å². The zero-order chi connectivity index (χ0) is 20.1. The highest BCUT2D eigenvalue weighted by Crippen LogP contribution is 2.27. The van der Waals surface area contributed by atoms with Crippen LogP contribution >= 0.6 is 0 Å². The first-order chi connectivity index (χ1) is 13.5. The number of aromatic hydroxyl groups is 1. The molecule has 0 unspecified atom stereocenters. The second-order valence-electron chi connectivity index (χ2n) is 6.05. The van der Waals surface area contributed by atoms with Crippen LogP contribution in [0.3, 0.4) is 0 Å². The van der Waals surface area contributed by atoms with Crippen LogP contribution in [0.15, 0.2) is 50.7 Å². The third-order valence-corrected chi connectivity index (χ3v) is 3.91. The molecule has 2 aromatic carbocycles. The predicted molar refractivity (Wildman–Crippen MR) is 102 cm³/mol. The molecule has 3 aromatic rings. The molecule has 1 heterocycles. The van der Waals surface area contributed by atoms with Gasteiger partial charge in [-0.05, 0) is 42.3 Å². The van der Waals surface area contributed by atoms with Crippen LogP contribution in [0.2, 0.25) is 0 Å². The molecule has 3 rings (SSSR count). The number of oxazole rings is 1. The summed E-state index contributed by atoms with van der Waals surface area (Å²) < 4.78 is 12.0. The summed E-state index contributed by atoms with van der Waals surface area (Å²) in [5, 5.41) is 22.1. The number of benzene rings is 2. The minimum atomic E-state index is -0.542. The fourth-order valence-corrected chi connectivity index (χ4v) is 2.62. The standard InChI is InChI=1S/C19H19N3O6/c1-12-2-4-16-14(8-12)22(19(26)28-16)10-13-3-5-17(15(24)9-13)27-11-18(25)21-20-6-7-23/h2-6,8-9,23-24H,7,10-11H2,1H3,(H,21,25)/b20-6-. The first-order valence-corrected chi connectivity index (χ1v) is 8.44. The van der Waals surface area contributed by atoms with Crippen molar-refractivity contribution in [2.45, 2.75) is 13.5 Å². The Kier molecular flexibility index (Phi) is 5.75. The molecular weight excluding hydrogens is 366 g/mol. The van der Waals surface area contributed by atoms with Gasteiger partial charge in [0.25, 0.3) is 5.91 Å². The number of phenols is 1. The lowest BCUT2D eigenvalue weighted by atomic mass is 10.2. The fraction of sp³-hybridized carbons (Fsp3) is 0.211. The van der Waals surface area contributed by atoms with Gasteiger partial charge in [0.1, 0.15) is 0 Å². The third-order valence-electron chi connectivity index (χ3n) is 3.91. The number of aliphatic hydroxyl groups excluding tert-OH is 1. The van der Waals surface area contributed by atoms with Gasteiger partial charge in [-0.15, -0.1) is 0 Å². The number of carbonyl (C=O) groups is 1. The smallest absolute Gasteiger partial charge is 0.420 e. The lowest BCUT2D eigenvalue weighted by molar-refractivity contribution is -0.123. The summed E-state index contributed by atoms with van der Waals surface area (Å²) in [5.41, 5.74) is 4.98. The molecular formula is C19H19N3O6. The van der Waals surface area contributed by atoms with E-state index in [9.17, 15) is 14.7 Å². The van der Waals surface area contributed by atoms with Crippen molar-refractivity contribution in [1.82, 2.24) is 9.99 Å². The third kappa shape index (κ3) is 4.38. The number of rotatable bonds is 7. The molecule has 0 fully saturated rings. The molecule has 0 saturated heterocycles. The number of ether oxygens (including phenoxy) is 1. The number of nitrogens with zero attached hydrogens (tertiary/aromatic N) is 2. The van der Waals surface area contributed by atoms with Crippen molar-refractivity contribution >= 4 is 23.2 Å². The summed E-state index contributed by atoms with van der Waals surface area (Å²) in [6.07, 6.45) is 1.12. The van der Waals surface area contributed by atoms with Crippen LogP contribution in [-0.2, 0) is 11.3 Å². The number of aryl methyl sites for hydroxylation is 1. The number of aliphatic hydroxyl groups is 1. The topological polar surface area (TPSA) is 126 Å². The molecule has 0 aliphatic heterocycles. The fourth-order valence-electron chi connectivity index (χ4n) is 2.62. The number of hydrazone groups is 1. The van der Waals surface area contributed by atoms with Crippen LogP contribution in [0.1, 0.15) is 11.1 Å². The molecule has 0 saturated carbocycles. The monoisotopic (exact) mass is 385 g/mol. The van der Waals surface area contributed by atoms with Crippen molar-refractivity contribution in [3.05, 3.63) is 58.1 Å². The van der Waals surface area contributed by atoms with Crippen molar-refractivity contribution in [3.63, 3.8) is 0 Å². The first kappa shape index (κ1) is 19.2. The molecule has 0 atom stereocenters. The molecule has 0 aliphatic rings. The van der Waals surface area contributed by atoms with Crippen molar-refractivity contribution in [2.24, 2.45) is 5.10 Å². The van der Waals surface area contributed by atoms with Gasteiger partial charge < -0.3 is 19.4 Å². The summed E-state index contributed by atoms with van der Waals surface area (Å²) in [4.78, 5) is 23.6. The van der Waals surface area contributed by atoms with Gasteiger partial charge in [-0.25, -0.2) is 10.2 Å². The first-order valence-electron chi connectivity index (χ1n) is 8.44. The summed E-state index contributed by atoms with van der Waals surface area (Å²) in [5.74, 6) is -1.08. The van der Waals surface area contributed by atoms with E-state index in [0.29, 0.717) is 16.7 Å². The molecule has 9 nitrogen and oxygen atoms in total. The summed E-state index contributed by atoms with van der Waals surface area (Å²) in [6, 6.07) is 10.1. The lowest BCUT2D eigenvalue weighted by Crippen LogP contribution is -2.24. The van der Waals surface area contributed by atoms with E-state index < -0.39 is 11.7 Å². The molecule has 146 valence electrons. The molecule has 9 heteroatoms. The Labute approximate surface area is 159 Å². The maximum absolute atomic E-state index is 12.1. The van der Waals surface area contributed by atoms with Gasteiger partial charge in [0.15, 0.2) is 23.7 Å². The van der Waals surface area contributed by atoms with Gasteiger partial charge in [0, 0.05) is 0 Å². The van der Waals surface area contributed by atoms with E-state index in [4.69, 9.17) is 14.3 Å². The van der Waals surface area contributed by atoms with Crippen LogP contribution in [-0.4, -0.2) is 40.1 Å². The Morgan fingerprint density at radius 3 is 2.89 bits per heavy atom. The van der Waals surface area contributed by atoms with E-state index in [-0.39, 0.29) is 31.3 Å². The summed E-state index contributed by atoms with van der Waals surface area (Å²) >= 11 is 0. The Bertz CT molecular complexity index is 1080. The SMILES string of the molecule is Cc1ccc2oc(=O)n(Cc3ccc(OCC(=O)N/N=C\CO)c(O)c3)c2c1. The van der Waals surface area contributed by atoms with E-state index in [1.165, 1.54) is 16.7 Å². The second-order valence-corrected chi connectivity index (χ2v) is 6.05. The van der Waals surface area contributed by atoms with Crippen LogP contribution in [0.4, 0.5) is 0 Å². The maximum Gasteiger partial charge on any atom is 0.420 e. The van der Waals surface area contributed by atoms with Gasteiger partial charge in [0.2, 0.25) is 0 Å². The number of hydrogen-bond donors (Lipinski definition) is 3. The maximum atomic E-state index is 12.1. The number of amides is 1. The van der Waals surface area contributed by atoms with Gasteiger partial charge in [-0.3, -0.25) is 9.36 Å². The van der Waals surface area contributed by atoms with Crippen molar-refractivity contribution in [1.29, 1.82) is 0 Å². The van der Waals surface area contributed by atoms with Crippen LogP contribution in [0.25, 0.3) is 11.1 Å². The van der Waals surface area contributed by atoms with E-state index >= 15 is 0 Å². The number of hydrogen-bond acceptors (Lipinski definition) is 7. The molecule has 1 amide bonds. The van der Waals surface area contributed by atoms with E-state index in [1.807, 2.05) is 19.1 Å². The molecule has 3 N–H and O–H groups in total. The molecule has 28 heavy (non-hydrogen) atoms. The summed E-state index contributed by atoms with van der Waals surface area (Å²) in [7, 11) is 0. The van der Waals surface area contributed by atoms with Gasteiger partial charge in [0.05, 0.1) is 24.9 Å². The molecule has 0 spiro atoms. The normalized spacial score (nSPS) is 11.2.